The molecule has 3 nitrogen and oxygen atoms in total. The number of rotatable bonds is 2. The standard InChI is InChI=1S/C15H16O3/c1-8(2)13-11-6-9(3)4-5-10(11)12(7-16)14(17)15(13)18/h4-8,17-18H,1-3H3. The fraction of sp³-hybridized carbons (Fsp3) is 0.267. The smallest absolute Gasteiger partial charge is 0.169 e. The largest absolute Gasteiger partial charge is 0.504 e. The molecular formula is C15H16O3. The number of hydrogen-bond acceptors (Lipinski definition) is 3. The third-order valence-corrected chi connectivity index (χ3v) is 3.19. The highest BCUT2D eigenvalue weighted by Gasteiger charge is 2.20. The van der Waals surface area contributed by atoms with Gasteiger partial charge in [0, 0.05) is 5.56 Å². The maximum atomic E-state index is 11.1. The molecule has 0 unspecified atom stereocenters. The lowest BCUT2D eigenvalue weighted by Crippen LogP contribution is -1.96. The van der Waals surface area contributed by atoms with Crippen molar-refractivity contribution in [2.24, 2.45) is 0 Å². The van der Waals surface area contributed by atoms with E-state index < -0.39 is 0 Å². The fourth-order valence-electron chi connectivity index (χ4n) is 2.33. The van der Waals surface area contributed by atoms with Crippen LogP contribution in [0.2, 0.25) is 0 Å². The molecule has 0 saturated carbocycles. The average molecular weight is 244 g/mol. The van der Waals surface area contributed by atoms with Crippen molar-refractivity contribution in [3.63, 3.8) is 0 Å². The van der Waals surface area contributed by atoms with Gasteiger partial charge in [-0.3, -0.25) is 4.79 Å². The number of aromatic hydroxyl groups is 2. The summed E-state index contributed by atoms with van der Waals surface area (Å²) in [6, 6.07) is 5.62. The molecule has 0 spiro atoms. The Morgan fingerprint density at radius 2 is 1.78 bits per heavy atom. The Labute approximate surface area is 106 Å². The predicted molar refractivity (Wildman–Crippen MR) is 71.5 cm³/mol. The van der Waals surface area contributed by atoms with Crippen molar-refractivity contribution in [3.8, 4) is 11.5 Å². The zero-order valence-corrected chi connectivity index (χ0v) is 10.7. The van der Waals surface area contributed by atoms with Gasteiger partial charge in [0.05, 0.1) is 5.56 Å². The summed E-state index contributed by atoms with van der Waals surface area (Å²) in [6.07, 6.45) is 0.580. The Hall–Kier alpha value is -2.03. The minimum Gasteiger partial charge on any atom is -0.504 e. The number of carbonyl (C=O) groups excluding carboxylic acids is 1. The molecule has 0 aliphatic carbocycles. The van der Waals surface area contributed by atoms with Crippen molar-refractivity contribution in [1.82, 2.24) is 0 Å². The van der Waals surface area contributed by atoms with Crippen LogP contribution in [0.15, 0.2) is 18.2 Å². The number of phenols is 2. The van der Waals surface area contributed by atoms with Crippen LogP contribution in [-0.4, -0.2) is 16.5 Å². The van der Waals surface area contributed by atoms with Crippen LogP contribution < -0.4 is 0 Å². The first-order chi connectivity index (χ1) is 8.47. The summed E-state index contributed by atoms with van der Waals surface area (Å²) in [5.41, 5.74) is 1.87. The highest BCUT2D eigenvalue weighted by molar-refractivity contribution is 6.04. The molecule has 0 bridgehead atoms. The Bertz CT molecular complexity index is 627. The predicted octanol–water partition coefficient (Wildman–Crippen LogP) is 3.50. The minimum absolute atomic E-state index is 0.0564. The van der Waals surface area contributed by atoms with Crippen molar-refractivity contribution < 1.29 is 15.0 Å². The first kappa shape index (κ1) is 12.4. The highest BCUT2D eigenvalue weighted by atomic mass is 16.3. The van der Waals surface area contributed by atoms with Gasteiger partial charge in [0.1, 0.15) is 0 Å². The Balaban J connectivity index is 3.03. The maximum Gasteiger partial charge on any atom is 0.169 e. The third kappa shape index (κ3) is 1.72. The minimum atomic E-state index is -0.329. The van der Waals surface area contributed by atoms with Gasteiger partial charge in [-0.05, 0) is 23.6 Å². The van der Waals surface area contributed by atoms with Gasteiger partial charge in [0.25, 0.3) is 0 Å². The number of carbonyl (C=O) groups is 1. The highest BCUT2D eigenvalue weighted by Crippen LogP contribution is 2.42. The number of phenolic OH excluding ortho intramolecular Hbond substituents is 2. The van der Waals surface area contributed by atoms with Crippen LogP contribution in [0.3, 0.4) is 0 Å². The molecule has 0 fully saturated rings. The lowest BCUT2D eigenvalue weighted by atomic mass is 9.90. The molecule has 18 heavy (non-hydrogen) atoms. The molecule has 0 amide bonds. The van der Waals surface area contributed by atoms with Gasteiger partial charge in [0.15, 0.2) is 17.8 Å². The molecule has 2 aromatic rings. The van der Waals surface area contributed by atoms with Crippen LogP contribution in [0, 0.1) is 6.92 Å². The van der Waals surface area contributed by atoms with Gasteiger partial charge in [-0.2, -0.15) is 0 Å². The zero-order chi connectivity index (χ0) is 13.4. The molecule has 0 aliphatic rings. The molecule has 2 aromatic carbocycles. The SMILES string of the molecule is Cc1ccc2c(C=O)c(O)c(O)c(C(C)C)c2c1. The lowest BCUT2D eigenvalue weighted by molar-refractivity contribution is 0.112. The van der Waals surface area contributed by atoms with Crippen LogP contribution in [0.4, 0.5) is 0 Å². The van der Waals surface area contributed by atoms with E-state index in [9.17, 15) is 15.0 Å². The molecule has 94 valence electrons. The van der Waals surface area contributed by atoms with Crippen molar-refractivity contribution in [2.75, 3.05) is 0 Å². The normalized spacial score (nSPS) is 11.1. The number of aldehydes is 1. The lowest BCUT2D eigenvalue weighted by Gasteiger charge is -2.16. The fourth-order valence-corrected chi connectivity index (χ4v) is 2.33. The van der Waals surface area contributed by atoms with Crippen molar-refractivity contribution in [1.29, 1.82) is 0 Å². The van der Waals surface area contributed by atoms with E-state index in [-0.39, 0.29) is 23.0 Å². The van der Waals surface area contributed by atoms with E-state index in [2.05, 4.69) is 0 Å². The van der Waals surface area contributed by atoms with Crippen LogP contribution in [0.25, 0.3) is 10.8 Å². The average Bonchev–Trinajstić information content (AvgIpc) is 2.31. The molecule has 0 radical (unpaired) electrons. The Kier molecular flexibility index (Phi) is 2.99. The summed E-state index contributed by atoms with van der Waals surface area (Å²) < 4.78 is 0. The number of benzene rings is 2. The second kappa shape index (κ2) is 4.33. The molecule has 0 heterocycles. The second-order valence-electron chi connectivity index (χ2n) is 4.85. The quantitative estimate of drug-likeness (QED) is 0.628. The van der Waals surface area contributed by atoms with Crippen LogP contribution in [0.1, 0.15) is 41.3 Å². The van der Waals surface area contributed by atoms with E-state index in [1.165, 1.54) is 0 Å². The number of aryl methyl sites for hydroxylation is 1. The molecule has 2 rings (SSSR count). The molecule has 3 heteroatoms. The van der Waals surface area contributed by atoms with Gasteiger partial charge >= 0.3 is 0 Å². The third-order valence-electron chi connectivity index (χ3n) is 3.19. The molecule has 0 atom stereocenters. The summed E-state index contributed by atoms with van der Waals surface area (Å²) in [7, 11) is 0. The van der Waals surface area contributed by atoms with E-state index in [0.29, 0.717) is 17.2 Å². The summed E-state index contributed by atoms with van der Waals surface area (Å²) >= 11 is 0. The first-order valence-corrected chi connectivity index (χ1v) is 5.90. The van der Waals surface area contributed by atoms with Gasteiger partial charge in [-0.1, -0.05) is 37.6 Å². The van der Waals surface area contributed by atoms with E-state index in [1.54, 1.807) is 6.07 Å². The topological polar surface area (TPSA) is 57.5 Å². The second-order valence-corrected chi connectivity index (χ2v) is 4.85. The van der Waals surface area contributed by atoms with Gasteiger partial charge in [-0.15, -0.1) is 0 Å². The Morgan fingerprint density at radius 3 is 2.33 bits per heavy atom. The zero-order valence-electron chi connectivity index (χ0n) is 10.7. The monoisotopic (exact) mass is 244 g/mol. The summed E-state index contributed by atoms with van der Waals surface area (Å²) in [4.78, 5) is 11.1. The molecule has 0 saturated heterocycles. The molecule has 2 N–H and O–H groups in total. The van der Waals surface area contributed by atoms with Crippen LogP contribution in [-0.2, 0) is 0 Å². The van der Waals surface area contributed by atoms with E-state index in [4.69, 9.17) is 0 Å². The molecular weight excluding hydrogens is 228 g/mol. The van der Waals surface area contributed by atoms with Gasteiger partial charge < -0.3 is 10.2 Å². The van der Waals surface area contributed by atoms with E-state index >= 15 is 0 Å². The molecule has 0 aromatic heterocycles. The Morgan fingerprint density at radius 1 is 1.11 bits per heavy atom. The van der Waals surface area contributed by atoms with E-state index in [1.807, 2.05) is 32.9 Å². The van der Waals surface area contributed by atoms with Crippen molar-refractivity contribution in [3.05, 3.63) is 34.9 Å². The maximum absolute atomic E-state index is 11.1. The van der Waals surface area contributed by atoms with Crippen LogP contribution >= 0.6 is 0 Å². The number of hydrogen-bond donors (Lipinski definition) is 2. The van der Waals surface area contributed by atoms with Crippen LogP contribution in [0.5, 0.6) is 11.5 Å². The molecule has 0 aliphatic heterocycles. The van der Waals surface area contributed by atoms with Gasteiger partial charge in [0.2, 0.25) is 0 Å². The summed E-state index contributed by atoms with van der Waals surface area (Å²) in [6.45, 7) is 5.84. The van der Waals surface area contributed by atoms with Crippen molar-refractivity contribution >= 4 is 17.1 Å². The van der Waals surface area contributed by atoms with E-state index in [0.717, 1.165) is 10.9 Å². The van der Waals surface area contributed by atoms with Gasteiger partial charge in [-0.25, -0.2) is 0 Å². The van der Waals surface area contributed by atoms with Crippen molar-refractivity contribution in [2.45, 2.75) is 26.7 Å². The first-order valence-electron chi connectivity index (χ1n) is 5.90. The summed E-state index contributed by atoms with van der Waals surface area (Å²) in [5, 5.41) is 21.5. The number of fused-ring (bicyclic) bond motifs is 1. The summed E-state index contributed by atoms with van der Waals surface area (Å²) in [5.74, 6) is -0.462.